The van der Waals surface area contributed by atoms with Gasteiger partial charge in [-0.15, -0.1) is 0 Å². The maximum absolute atomic E-state index is 6.03. The van der Waals surface area contributed by atoms with Crippen LogP contribution in [0, 0.1) is 0 Å². The van der Waals surface area contributed by atoms with Crippen molar-refractivity contribution in [3.05, 3.63) is 23.3 Å². The fourth-order valence-electron chi connectivity index (χ4n) is 1.94. The third-order valence-electron chi connectivity index (χ3n) is 2.90. The molecule has 0 fully saturated rings. The lowest BCUT2D eigenvalue weighted by atomic mass is 9.91. The van der Waals surface area contributed by atoms with Gasteiger partial charge in [-0.05, 0) is 19.3 Å². The molecule has 1 aromatic rings. The van der Waals surface area contributed by atoms with Gasteiger partial charge in [0.25, 0.3) is 0 Å². The second kappa shape index (κ2) is 3.56. The molecule has 15 heavy (non-hydrogen) atoms. The summed E-state index contributed by atoms with van der Waals surface area (Å²) in [4.78, 5) is 9.07. The maximum Gasteiger partial charge on any atom is 0.133 e. The Morgan fingerprint density at radius 3 is 2.80 bits per heavy atom. The van der Waals surface area contributed by atoms with E-state index in [0.717, 1.165) is 36.3 Å². The number of aryl methyl sites for hydroxylation is 1. The first-order chi connectivity index (χ1) is 6.98. The van der Waals surface area contributed by atoms with Crippen LogP contribution in [-0.4, -0.2) is 9.97 Å². The third kappa shape index (κ3) is 2.02. The molecule has 0 aliphatic heterocycles. The lowest BCUT2D eigenvalue weighted by molar-refractivity contribution is 0.513. The lowest BCUT2D eigenvalue weighted by Gasteiger charge is -2.24. The summed E-state index contributed by atoms with van der Waals surface area (Å²) in [6.07, 6.45) is 5.18. The van der Waals surface area contributed by atoms with Crippen molar-refractivity contribution < 1.29 is 0 Å². The van der Waals surface area contributed by atoms with Gasteiger partial charge in [0.1, 0.15) is 5.82 Å². The molecular formula is C12H19N3. The van der Waals surface area contributed by atoms with Crippen molar-refractivity contribution in [1.29, 1.82) is 0 Å². The van der Waals surface area contributed by atoms with Gasteiger partial charge in [0.15, 0.2) is 0 Å². The summed E-state index contributed by atoms with van der Waals surface area (Å²) in [7, 11) is 0. The minimum atomic E-state index is 0.0244. The highest BCUT2D eigenvalue weighted by Gasteiger charge is 2.23. The first kappa shape index (κ1) is 10.6. The summed E-state index contributed by atoms with van der Waals surface area (Å²) >= 11 is 0. The zero-order valence-electron chi connectivity index (χ0n) is 9.75. The topological polar surface area (TPSA) is 51.8 Å². The Bertz CT molecular complexity index is 366. The van der Waals surface area contributed by atoms with Crippen LogP contribution in [0.2, 0.25) is 0 Å². The number of nitrogens with zero attached hydrogens (tertiary/aromatic N) is 2. The van der Waals surface area contributed by atoms with E-state index in [1.165, 1.54) is 0 Å². The van der Waals surface area contributed by atoms with Gasteiger partial charge in [-0.25, -0.2) is 9.97 Å². The number of hydrogen-bond donors (Lipinski definition) is 1. The molecule has 1 heterocycles. The molecule has 1 aliphatic carbocycles. The average Bonchev–Trinajstić information content (AvgIpc) is 2.16. The maximum atomic E-state index is 6.03. The molecule has 2 N–H and O–H groups in total. The predicted octanol–water partition coefficient (Wildman–Crippen LogP) is 2.11. The molecule has 3 heteroatoms. The summed E-state index contributed by atoms with van der Waals surface area (Å²) < 4.78 is 0. The van der Waals surface area contributed by atoms with Crippen LogP contribution in [0.15, 0.2) is 6.20 Å². The number of nitrogens with two attached hydrogens (primary N) is 1. The molecule has 0 bridgehead atoms. The Labute approximate surface area is 91.1 Å². The molecule has 0 spiro atoms. The van der Waals surface area contributed by atoms with Gasteiger partial charge in [-0.3, -0.25) is 0 Å². The zero-order valence-corrected chi connectivity index (χ0v) is 9.75. The molecule has 0 unspecified atom stereocenters. The van der Waals surface area contributed by atoms with E-state index in [2.05, 4.69) is 30.7 Å². The van der Waals surface area contributed by atoms with E-state index in [4.69, 9.17) is 5.73 Å². The van der Waals surface area contributed by atoms with Crippen LogP contribution in [0.3, 0.4) is 0 Å². The van der Waals surface area contributed by atoms with E-state index in [0.29, 0.717) is 0 Å². The van der Waals surface area contributed by atoms with Gasteiger partial charge in [0.2, 0.25) is 0 Å². The highest BCUT2D eigenvalue weighted by Crippen LogP contribution is 2.28. The summed E-state index contributed by atoms with van der Waals surface area (Å²) in [6.45, 7) is 6.41. The second-order valence-electron chi connectivity index (χ2n) is 5.34. The monoisotopic (exact) mass is 205 g/mol. The Morgan fingerprint density at radius 1 is 1.40 bits per heavy atom. The number of fused-ring (bicyclic) bond motifs is 1. The van der Waals surface area contributed by atoms with Gasteiger partial charge in [0, 0.05) is 28.9 Å². The van der Waals surface area contributed by atoms with Crippen molar-refractivity contribution in [3.63, 3.8) is 0 Å². The number of rotatable bonds is 0. The Kier molecular flexibility index (Phi) is 2.51. The average molecular weight is 205 g/mol. The Balaban J connectivity index is 2.42. The van der Waals surface area contributed by atoms with E-state index < -0.39 is 0 Å². The molecule has 0 aromatic carbocycles. The van der Waals surface area contributed by atoms with Crippen LogP contribution < -0.4 is 5.73 Å². The fraction of sp³-hybridized carbons (Fsp3) is 0.667. The molecule has 0 amide bonds. The summed E-state index contributed by atoms with van der Waals surface area (Å²) in [6, 6.07) is 0.141. The van der Waals surface area contributed by atoms with Gasteiger partial charge in [0.05, 0.1) is 0 Å². The minimum Gasteiger partial charge on any atom is -0.324 e. The molecular weight excluding hydrogens is 186 g/mol. The quantitative estimate of drug-likeness (QED) is 0.705. The predicted molar refractivity (Wildman–Crippen MR) is 60.6 cm³/mol. The second-order valence-corrected chi connectivity index (χ2v) is 5.34. The van der Waals surface area contributed by atoms with Crippen LogP contribution >= 0.6 is 0 Å². The Morgan fingerprint density at radius 2 is 2.13 bits per heavy atom. The molecule has 0 radical (unpaired) electrons. The van der Waals surface area contributed by atoms with Gasteiger partial charge in [-0.2, -0.15) is 0 Å². The van der Waals surface area contributed by atoms with E-state index in [1.807, 2.05) is 6.20 Å². The van der Waals surface area contributed by atoms with E-state index in [9.17, 15) is 0 Å². The van der Waals surface area contributed by atoms with Crippen LogP contribution in [0.5, 0.6) is 0 Å². The van der Waals surface area contributed by atoms with Crippen molar-refractivity contribution in [2.45, 2.75) is 51.5 Å². The van der Waals surface area contributed by atoms with Crippen molar-refractivity contribution >= 4 is 0 Å². The molecule has 2 rings (SSSR count). The van der Waals surface area contributed by atoms with Gasteiger partial charge < -0.3 is 5.73 Å². The highest BCUT2D eigenvalue weighted by atomic mass is 14.9. The smallest absolute Gasteiger partial charge is 0.133 e. The molecule has 1 aromatic heterocycles. The number of hydrogen-bond acceptors (Lipinski definition) is 3. The minimum absolute atomic E-state index is 0.0244. The molecule has 0 saturated carbocycles. The standard InChI is InChI=1S/C12H19N3/c1-12(2,3)11-14-7-8-9(13)5-4-6-10(8)15-11/h7,9H,4-6,13H2,1-3H3/t9-/m0/s1. The normalized spacial score (nSPS) is 21.2. The van der Waals surface area contributed by atoms with Crippen molar-refractivity contribution in [2.24, 2.45) is 5.73 Å². The highest BCUT2D eigenvalue weighted by molar-refractivity contribution is 5.25. The summed E-state index contributed by atoms with van der Waals surface area (Å²) in [5.41, 5.74) is 8.36. The van der Waals surface area contributed by atoms with Gasteiger partial charge in [-0.1, -0.05) is 20.8 Å². The lowest BCUT2D eigenvalue weighted by Crippen LogP contribution is -2.23. The summed E-state index contributed by atoms with van der Waals surface area (Å²) in [5, 5.41) is 0. The van der Waals surface area contributed by atoms with Crippen LogP contribution in [-0.2, 0) is 11.8 Å². The Hall–Kier alpha value is -0.960. The zero-order chi connectivity index (χ0) is 11.1. The molecule has 1 aliphatic rings. The third-order valence-corrected chi connectivity index (χ3v) is 2.90. The molecule has 3 nitrogen and oxygen atoms in total. The summed E-state index contributed by atoms with van der Waals surface area (Å²) in [5.74, 6) is 0.926. The van der Waals surface area contributed by atoms with Gasteiger partial charge >= 0.3 is 0 Å². The fourth-order valence-corrected chi connectivity index (χ4v) is 1.94. The van der Waals surface area contributed by atoms with E-state index in [-0.39, 0.29) is 11.5 Å². The van der Waals surface area contributed by atoms with Crippen molar-refractivity contribution in [3.8, 4) is 0 Å². The molecule has 0 saturated heterocycles. The SMILES string of the molecule is CC(C)(C)c1ncc2c(n1)CCC[C@@H]2N. The first-order valence-corrected chi connectivity index (χ1v) is 5.60. The number of aromatic nitrogens is 2. The van der Waals surface area contributed by atoms with Crippen molar-refractivity contribution in [1.82, 2.24) is 9.97 Å². The molecule has 82 valence electrons. The van der Waals surface area contributed by atoms with Crippen molar-refractivity contribution in [2.75, 3.05) is 0 Å². The van der Waals surface area contributed by atoms with E-state index in [1.54, 1.807) is 0 Å². The largest absolute Gasteiger partial charge is 0.324 e. The van der Waals surface area contributed by atoms with E-state index >= 15 is 0 Å². The van der Waals surface area contributed by atoms with Crippen LogP contribution in [0.1, 0.15) is 56.7 Å². The molecule has 1 atom stereocenters. The van der Waals surface area contributed by atoms with Crippen LogP contribution in [0.4, 0.5) is 0 Å². The van der Waals surface area contributed by atoms with Crippen LogP contribution in [0.25, 0.3) is 0 Å². The first-order valence-electron chi connectivity index (χ1n) is 5.60.